The lowest BCUT2D eigenvalue weighted by atomic mass is 10.2. The van der Waals surface area contributed by atoms with Crippen LogP contribution in [0.25, 0.3) is 21.5 Å². The number of rotatable bonds is 7. The number of H-pyrrole nitrogens is 1. The zero-order valence-corrected chi connectivity index (χ0v) is 17.3. The smallest absolute Gasteiger partial charge is 0.260 e. The first-order valence-electron chi connectivity index (χ1n) is 9.13. The molecule has 1 atom stereocenters. The van der Waals surface area contributed by atoms with Crippen LogP contribution in [0, 0.1) is 0 Å². The highest BCUT2D eigenvalue weighted by atomic mass is 32.2. The van der Waals surface area contributed by atoms with E-state index >= 15 is 0 Å². The Morgan fingerprint density at radius 2 is 2.10 bits per heavy atom. The predicted molar refractivity (Wildman–Crippen MR) is 119 cm³/mol. The number of carbonyl (C=O) groups is 1. The van der Waals surface area contributed by atoms with Crippen molar-refractivity contribution in [1.29, 1.82) is 0 Å². The Morgan fingerprint density at radius 3 is 2.86 bits per heavy atom. The molecule has 1 amide bonds. The summed E-state index contributed by atoms with van der Waals surface area (Å²) in [4.78, 5) is 32.9. The van der Waals surface area contributed by atoms with E-state index in [-0.39, 0.29) is 16.7 Å². The molecule has 6 nitrogen and oxygen atoms in total. The molecule has 0 radical (unpaired) electrons. The highest BCUT2D eigenvalue weighted by Gasteiger charge is 2.17. The number of fused-ring (bicyclic) bond motifs is 1. The second-order valence-electron chi connectivity index (χ2n) is 6.44. The van der Waals surface area contributed by atoms with Crippen LogP contribution in [0.4, 0.5) is 5.69 Å². The average Bonchev–Trinajstić information content (AvgIpc) is 3.38. The van der Waals surface area contributed by atoms with Crippen molar-refractivity contribution in [3.63, 3.8) is 0 Å². The number of hydrogen-bond acceptors (Lipinski definition) is 6. The Kier molecular flexibility index (Phi) is 5.82. The monoisotopic (exact) mass is 425 g/mol. The van der Waals surface area contributed by atoms with Crippen molar-refractivity contribution >= 4 is 44.9 Å². The van der Waals surface area contributed by atoms with Crippen molar-refractivity contribution in [2.75, 3.05) is 11.1 Å². The number of para-hydroxylation sites is 1. The summed E-state index contributed by atoms with van der Waals surface area (Å²) in [5, 5.41) is 5.27. The molecule has 1 unspecified atom stereocenters. The van der Waals surface area contributed by atoms with E-state index in [1.165, 1.54) is 11.3 Å². The molecular formula is C21H19N3O3S2. The van der Waals surface area contributed by atoms with Gasteiger partial charge in [0.25, 0.3) is 5.56 Å². The number of aromatic nitrogens is 2. The minimum Gasteiger partial charge on any atom is -0.464 e. The van der Waals surface area contributed by atoms with E-state index in [1.807, 2.05) is 48.7 Å². The van der Waals surface area contributed by atoms with Crippen molar-refractivity contribution in [3.8, 4) is 11.3 Å². The van der Waals surface area contributed by atoms with Gasteiger partial charge in [-0.25, -0.2) is 4.98 Å². The van der Waals surface area contributed by atoms with Crippen molar-refractivity contribution in [2.24, 2.45) is 0 Å². The first-order chi connectivity index (χ1) is 14.1. The maximum atomic E-state index is 12.7. The Hall–Kier alpha value is -2.84. The summed E-state index contributed by atoms with van der Waals surface area (Å²) in [6, 6.07) is 13.0. The molecule has 0 saturated carbocycles. The number of anilines is 1. The topological polar surface area (TPSA) is 88.0 Å². The number of hydrogen-bond donors (Lipinski definition) is 2. The summed E-state index contributed by atoms with van der Waals surface area (Å²) in [6.07, 6.45) is 1.97. The number of aromatic amines is 1. The number of thioether (sulfide) groups is 1. The third-order valence-corrected chi connectivity index (χ3v) is 6.42. The van der Waals surface area contributed by atoms with Gasteiger partial charge in [-0.05, 0) is 31.2 Å². The first-order valence-corrected chi connectivity index (χ1v) is 11.1. The largest absolute Gasteiger partial charge is 0.464 e. The molecule has 4 rings (SSSR count). The van der Waals surface area contributed by atoms with Crippen LogP contribution in [0.1, 0.15) is 24.4 Å². The highest BCUT2D eigenvalue weighted by Crippen LogP contribution is 2.33. The molecule has 0 fully saturated rings. The Morgan fingerprint density at radius 1 is 1.28 bits per heavy atom. The van der Waals surface area contributed by atoms with E-state index in [0.717, 1.165) is 11.3 Å². The van der Waals surface area contributed by atoms with Gasteiger partial charge >= 0.3 is 0 Å². The van der Waals surface area contributed by atoms with E-state index < -0.39 is 0 Å². The van der Waals surface area contributed by atoms with Gasteiger partial charge in [0.15, 0.2) is 0 Å². The van der Waals surface area contributed by atoms with Gasteiger partial charge in [-0.1, -0.05) is 18.2 Å². The molecule has 2 N–H and O–H groups in total. The van der Waals surface area contributed by atoms with Gasteiger partial charge in [0.2, 0.25) is 5.91 Å². The Labute approximate surface area is 175 Å². The lowest BCUT2D eigenvalue weighted by Gasteiger charge is -2.11. The quantitative estimate of drug-likeness (QED) is 0.432. The van der Waals surface area contributed by atoms with Gasteiger partial charge in [0.1, 0.15) is 16.4 Å². The molecule has 148 valence electrons. The molecule has 0 saturated heterocycles. The lowest BCUT2D eigenvalue weighted by Crippen LogP contribution is -2.14. The molecule has 1 aromatic carbocycles. The summed E-state index contributed by atoms with van der Waals surface area (Å²) >= 11 is 3.01. The van der Waals surface area contributed by atoms with Crippen LogP contribution in [0.15, 0.2) is 63.3 Å². The molecular weight excluding hydrogens is 406 g/mol. The molecule has 3 aromatic heterocycles. The van der Waals surface area contributed by atoms with Gasteiger partial charge < -0.3 is 14.7 Å². The summed E-state index contributed by atoms with van der Waals surface area (Å²) < 4.78 is 5.42. The van der Waals surface area contributed by atoms with Crippen LogP contribution in [0.3, 0.4) is 0 Å². The minimum atomic E-state index is -0.174. The zero-order chi connectivity index (χ0) is 20.2. The highest BCUT2D eigenvalue weighted by molar-refractivity contribution is 7.99. The molecule has 0 spiro atoms. The zero-order valence-electron chi connectivity index (χ0n) is 15.7. The maximum Gasteiger partial charge on any atom is 0.260 e. The minimum absolute atomic E-state index is 0.0332. The molecule has 0 aliphatic heterocycles. The van der Waals surface area contributed by atoms with Crippen LogP contribution < -0.4 is 10.9 Å². The fourth-order valence-corrected chi connectivity index (χ4v) is 4.78. The summed E-state index contributed by atoms with van der Waals surface area (Å²) in [7, 11) is 0. The average molecular weight is 426 g/mol. The maximum absolute atomic E-state index is 12.7. The lowest BCUT2D eigenvalue weighted by molar-refractivity contribution is -0.115. The van der Waals surface area contributed by atoms with Crippen molar-refractivity contribution in [1.82, 2.24) is 9.97 Å². The van der Waals surface area contributed by atoms with Crippen LogP contribution in [-0.4, -0.2) is 21.6 Å². The number of furan rings is 1. The standard InChI is InChI=1S/C21H19N3O3S2/c1-13(28-11-9-17(25)22-14-6-3-2-4-7-14)19-23-20(26)18-15(12-29-21(18)24-19)16-8-5-10-27-16/h2-8,10,12-13H,9,11H2,1H3,(H,22,25)(H,23,24,26). The van der Waals surface area contributed by atoms with Gasteiger partial charge in [-0.15, -0.1) is 11.3 Å². The van der Waals surface area contributed by atoms with Gasteiger partial charge in [-0.3, -0.25) is 9.59 Å². The molecule has 0 aliphatic carbocycles. The number of benzene rings is 1. The fourth-order valence-electron chi connectivity index (χ4n) is 2.92. The number of nitrogens with one attached hydrogen (secondary N) is 2. The third-order valence-electron chi connectivity index (χ3n) is 4.39. The van der Waals surface area contributed by atoms with Gasteiger partial charge in [0, 0.05) is 28.8 Å². The van der Waals surface area contributed by atoms with Crippen molar-refractivity contribution in [3.05, 3.63) is 70.3 Å². The summed E-state index contributed by atoms with van der Waals surface area (Å²) in [6.45, 7) is 1.98. The predicted octanol–water partition coefficient (Wildman–Crippen LogP) is 5.07. The Balaban J connectivity index is 1.40. The fraction of sp³-hybridized carbons (Fsp3) is 0.190. The van der Waals surface area contributed by atoms with Crippen LogP contribution in [-0.2, 0) is 4.79 Å². The molecule has 29 heavy (non-hydrogen) atoms. The number of thiophene rings is 1. The van der Waals surface area contributed by atoms with E-state index in [1.54, 1.807) is 24.1 Å². The van der Waals surface area contributed by atoms with E-state index in [9.17, 15) is 9.59 Å². The van der Waals surface area contributed by atoms with Crippen molar-refractivity contribution < 1.29 is 9.21 Å². The van der Waals surface area contributed by atoms with Crippen molar-refractivity contribution in [2.45, 2.75) is 18.6 Å². The third kappa shape index (κ3) is 4.44. The van der Waals surface area contributed by atoms with Gasteiger partial charge in [-0.2, -0.15) is 11.8 Å². The Bertz CT molecular complexity index is 1170. The molecule has 4 aromatic rings. The second kappa shape index (κ2) is 8.67. The second-order valence-corrected chi connectivity index (χ2v) is 8.74. The van der Waals surface area contributed by atoms with Crippen LogP contribution in [0.5, 0.6) is 0 Å². The molecule has 0 bridgehead atoms. The molecule has 8 heteroatoms. The summed E-state index contributed by atoms with van der Waals surface area (Å²) in [5.41, 5.74) is 1.37. The number of nitrogens with zero attached hydrogens (tertiary/aromatic N) is 1. The van der Waals surface area contributed by atoms with E-state index in [4.69, 9.17) is 4.42 Å². The SMILES string of the molecule is CC(SCCC(=O)Nc1ccccc1)c1nc2scc(-c3ccco3)c2c(=O)[nH]1. The van der Waals surface area contributed by atoms with E-state index in [0.29, 0.717) is 34.0 Å². The molecule has 0 aliphatic rings. The van der Waals surface area contributed by atoms with Gasteiger partial charge in [0.05, 0.1) is 16.9 Å². The van der Waals surface area contributed by atoms with E-state index in [2.05, 4.69) is 15.3 Å². The normalized spacial score (nSPS) is 12.2. The summed E-state index contributed by atoms with van der Waals surface area (Å²) in [5.74, 6) is 1.87. The van der Waals surface area contributed by atoms with Crippen LogP contribution >= 0.6 is 23.1 Å². The number of carbonyl (C=O) groups excluding carboxylic acids is 1. The molecule has 3 heterocycles. The number of amides is 1. The first kappa shape index (κ1) is 19.5. The van der Waals surface area contributed by atoms with Crippen LogP contribution in [0.2, 0.25) is 0 Å².